The molecule has 1 N–H and O–H groups in total. The van der Waals surface area contributed by atoms with Gasteiger partial charge in [0, 0.05) is 6.07 Å². The molecule has 3 aromatic rings. The zero-order valence-electron chi connectivity index (χ0n) is 16.0. The minimum absolute atomic E-state index is 0.0583. The minimum Gasteiger partial charge on any atom is -0.493 e. The van der Waals surface area contributed by atoms with Crippen molar-refractivity contribution in [2.45, 2.75) is 50.7 Å². The average Bonchev–Trinajstić information content (AvgIpc) is 3.41. The molecule has 5 rings (SSSR count). The number of nitrogens with zero attached hydrogens (tertiary/aromatic N) is 1. The molecule has 1 heterocycles. The first-order chi connectivity index (χ1) is 13.7. The summed E-state index contributed by atoms with van der Waals surface area (Å²) in [6.45, 7) is 2.55. The molecule has 0 radical (unpaired) electrons. The van der Waals surface area contributed by atoms with Crippen molar-refractivity contribution in [3.8, 4) is 11.5 Å². The summed E-state index contributed by atoms with van der Waals surface area (Å²) in [5.74, 6) is 3.30. The number of ether oxygens (including phenoxy) is 2. The molecule has 2 aromatic carbocycles. The maximum Gasteiger partial charge on any atom is 0.202 e. The van der Waals surface area contributed by atoms with E-state index in [0.29, 0.717) is 0 Å². The summed E-state index contributed by atoms with van der Waals surface area (Å²) in [6, 6.07) is 13.6. The topological polar surface area (TPSA) is 64.7 Å². The van der Waals surface area contributed by atoms with Gasteiger partial charge in [0.15, 0.2) is 5.58 Å². The number of aliphatic hydroxyl groups is 1. The smallest absolute Gasteiger partial charge is 0.202 e. The highest BCUT2D eigenvalue weighted by Gasteiger charge is 2.38. The van der Waals surface area contributed by atoms with Gasteiger partial charge in [-0.3, -0.25) is 0 Å². The van der Waals surface area contributed by atoms with Gasteiger partial charge in [0.1, 0.15) is 23.1 Å². The standard InChI is InChI=1S/C23H25NO4/c1-14(25)16-7-9-20-22(11-16)28-23(24-20)19-8-10-21(19)27-18-4-2-3-17(12-18)26-13-15-5-6-15/h2-4,7,9,11-12,14-15,19,21,25H,5-6,8,10,13H2,1H3/t14-,19+,21+/m0/s1. The van der Waals surface area contributed by atoms with Crippen molar-refractivity contribution < 1.29 is 19.0 Å². The van der Waals surface area contributed by atoms with E-state index >= 15 is 0 Å². The number of oxazole rings is 1. The summed E-state index contributed by atoms with van der Waals surface area (Å²) in [5.41, 5.74) is 2.37. The Balaban J connectivity index is 1.28. The van der Waals surface area contributed by atoms with E-state index in [1.807, 2.05) is 42.5 Å². The van der Waals surface area contributed by atoms with Crippen molar-refractivity contribution >= 4 is 11.1 Å². The molecule has 0 aliphatic heterocycles. The first-order valence-electron chi connectivity index (χ1n) is 10.1. The van der Waals surface area contributed by atoms with Gasteiger partial charge < -0.3 is 19.0 Å². The Morgan fingerprint density at radius 2 is 1.96 bits per heavy atom. The Labute approximate surface area is 164 Å². The molecule has 0 spiro atoms. The molecule has 2 aliphatic carbocycles. The van der Waals surface area contributed by atoms with E-state index in [0.717, 1.165) is 59.4 Å². The summed E-state index contributed by atoms with van der Waals surface area (Å²) < 4.78 is 18.1. The zero-order valence-corrected chi connectivity index (χ0v) is 16.0. The molecule has 2 saturated carbocycles. The Morgan fingerprint density at radius 1 is 1.11 bits per heavy atom. The highest BCUT2D eigenvalue weighted by molar-refractivity contribution is 5.73. The van der Waals surface area contributed by atoms with Gasteiger partial charge in [-0.25, -0.2) is 4.98 Å². The number of hydrogen-bond acceptors (Lipinski definition) is 5. The third-order valence-electron chi connectivity index (χ3n) is 5.72. The van der Waals surface area contributed by atoms with Gasteiger partial charge in [-0.1, -0.05) is 12.1 Å². The van der Waals surface area contributed by atoms with Crippen molar-refractivity contribution in [2.75, 3.05) is 6.61 Å². The second-order valence-corrected chi connectivity index (χ2v) is 8.02. The summed E-state index contributed by atoms with van der Waals surface area (Å²) in [7, 11) is 0. The van der Waals surface area contributed by atoms with Crippen molar-refractivity contribution in [3.63, 3.8) is 0 Å². The zero-order chi connectivity index (χ0) is 19.1. The molecule has 146 valence electrons. The lowest BCUT2D eigenvalue weighted by Gasteiger charge is -2.34. The van der Waals surface area contributed by atoms with E-state index in [-0.39, 0.29) is 12.0 Å². The lowest BCUT2D eigenvalue weighted by Crippen LogP contribution is -2.34. The fourth-order valence-electron chi connectivity index (χ4n) is 3.58. The molecule has 28 heavy (non-hydrogen) atoms. The fraction of sp³-hybridized carbons (Fsp3) is 0.435. The SMILES string of the molecule is C[C@H](O)c1ccc2nc([C@@H]3CC[C@H]3Oc3cccc(OCC4CC4)c3)oc2c1. The van der Waals surface area contributed by atoms with Crippen molar-refractivity contribution in [1.29, 1.82) is 0 Å². The number of aromatic nitrogens is 1. The van der Waals surface area contributed by atoms with Crippen molar-refractivity contribution in [2.24, 2.45) is 5.92 Å². The van der Waals surface area contributed by atoms with Crippen molar-refractivity contribution in [1.82, 2.24) is 4.98 Å². The lowest BCUT2D eigenvalue weighted by atomic mass is 9.81. The normalized spacial score (nSPS) is 22.6. The van der Waals surface area contributed by atoms with Gasteiger partial charge in [-0.2, -0.15) is 0 Å². The van der Waals surface area contributed by atoms with Crippen LogP contribution in [0.5, 0.6) is 11.5 Å². The Bertz CT molecular complexity index is 976. The quantitative estimate of drug-likeness (QED) is 0.626. The predicted molar refractivity (Wildman–Crippen MR) is 106 cm³/mol. The van der Waals surface area contributed by atoms with Crippen LogP contribution in [0.4, 0.5) is 0 Å². The first-order valence-corrected chi connectivity index (χ1v) is 10.1. The molecule has 2 fully saturated rings. The molecule has 5 heteroatoms. The molecule has 0 amide bonds. The van der Waals surface area contributed by atoms with Crippen LogP contribution in [0, 0.1) is 5.92 Å². The molecular weight excluding hydrogens is 354 g/mol. The largest absolute Gasteiger partial charge is 0.493 e. The van der Waals surface area contributed by atoms with Gasteiger partial charge in [0.2, 0.25) is 5.89 Å². The number of hydrogen-bond donors (Lipinski definition) is 1. The van der Waals surface area contributed by atoms with Crippen LogP contribution in [0.1, 0.15) is 56.1 Å². The van der Waals surface area contributed by atoms with Crippen molar-refractivity contribution in [3.05, 3.63) is 53.9 Å². The Morgan fingerprint density at radius 3 is 2.71 bits per heavy atom. The molecule has 5 nitrogen and oxygen atoms in total. The third-order valence-corrected chi connectivity index (χ3v) is 5.72. The number of fused-ring (bicyclic) bond motifs is 1. The van der Waals surface area contributed by atoms with Crippen LogP contribution in [0.15, 0.2) is 46.9 Å². The van der Waals surface area contributed by atoms with E-state index < -0.39 is 6.10 Å². The lowest BCUT2D eigenvalue weighted by molar-refractivity contribution is 0.0769. The van der Waals surface area contributed by atoms with Crippen LogP contribution in [-0.2, 0) is 0 Å². The molecule has 1 aromatic heterocycles. The van der Waals surface area contributed by atoms with Crippen LogP contribution >= 0.6 is 0 Å². The highest BCUT2D eigenvalue weighted by Crippen LogP contribution is 2.41. The van der Waals surface area contributed by atoms with E-state index in [1.54, 1.807) is 6.92 Å². The van der Waals surface area contributed by atoms with E-state index in [2.05, 4.69) is 4.98 Å². The minimum atomic E-state index is -0.521. The summed E-state index contributed by atoms with van der Waals surface area (Å²) in [6.07, 6.45) is 4.08. The number of aliphatic hydroxyl groups excluding tert-OH is 1. The van der Waals surface area contributed by atoms with E-state index in [1.165, 1.54) is 12.8 Å². The van der Waals surface area contributed by atoms with Gasteiger partial charge in [0.05, 0.1) is 18.6 Å². The third kappa shape index (κ3) is 3.59. The number of rotatable bonds is 7. The maximum atomic E-state index is 9.76. The fourth-order valence-corrected chi connectivity index (χ4v) is 3.58. The summed E-state index contributed by atoms with van der Waals surface area (Å²) in [4.78, 5) is 4.65. The van der Waals surface area contributed by atoms with Gasteiger partial charge >= 0.3 is 0 Å². The van der Waals surface area contributed by atoms with Crippen LogP contribution in [-0.4, -0.2) is 22.8 Å². The molecule has 2 aliphatic rings. The van der Waals surface area contributed by atoms with Crippen LogP contribution in [0.25, 0.3) is 11.1 Å². The molecule has 0 unspecified atom stereocenters. The summed E-state index contributed by atoms with van der Waals surface area (Å²) >= 11 is 0. The van der Waals surface area contributed by atoms with Crippen LogP contribution < -0.4 is 9.47 Å². The second-order valence-electron chi connectivity index (χ2n) is 8.02. The summed E-state index contributed by atoms with van der Waals surface area (Å²) in [5, 5.41) is 9.76. The van der Waals surface area contributed by atoms with Gasteiger partial charge in [0.25, 0.3) is 0 Å². The molecule has 3 atom stereocenters. The van der Waals surface area contributed by atoms with E-state index in [9.17, 15) is 5.11 Å². The van der Waals surface area contributed by atoms with Gasteiger partial charge in [-0.15, -0.1) is 0 Å². The monoisotopic (exact) mass is 379 g/mol. The first kappa shape index (κ1) is 17.6. The Hall–Kier alpha value is -2.53. The highest BCUT2D eigenvalue weighted by atomic mass is 16.5. The van der Waals surface area contributed by atoms with Crippen LogP contribution in [0.3, 0.4) is 0 Å². The molecule has 0 bridgehead atoms. The predicted octanol–water partition coefficient (Wildman–Crippen LogP) is 4.99. The van der Waals surface area contributed by atoms with E-state index in [4.69, 9.17) is 13.9 Å². The maximum absolute atomic E-state index is 9.76. The van der Waals surface area contributed by atoms with Gasteiger partial charge in [-0.05, 0) is 68.4 Å². The molecule has 0 saturated heterocycles. The Kier molecular flexibility index (Phi) is 4.47. The second kappa shape index (κ2) is 7.13. The molecular formula is C23H25NO4. The average molecular weight is 379 g/mol. The van der Waals surface area contributed by atoms with Crippen LogP contribution in [0.2, 0.25) is 0 Å². The number of benzene rings is 2.